The molecule has 0 aromatic carbocycles. The fraction of sp³-hybridized carbons (Fsp3) is 0.545. The molecule has 0 saturated carbocycles. The molecule has 0 aliphatic carbocycles. The average molecular weight is 210 g/mol. The van der Waals surface area contributed by atoms with E-state index in [4.69, 9.17) is 4.74 Å². The molecule has 0 bridgehead atoms. The lowest BCUT2D eigenvalue weighted by atomic mass is 10.2. The van der Waals surface area contributed by atoms with Gasteiger partial charge in [0.1, 0.15) is 0 Å². The molecule has 0 spiro atoms. The molecule has 1 saturated heterocycles. The molecule has 1 fully saturated rings. The van der Waals surface area contributed by atoms with Crippen LogP contribution in [0, 0.1) is 5.95 Å². The summed E-state index contributed by atoms with van der Waals surface area (Å²) in [6.45, 7) is 5.65. The minimum atomic E-state index is -0.431. The quantitative estimate of drug-likeness (QED) is 0.661. The first-order valence-electron chi connectivity index (χ1n) is 5.17. The first kappa shape index (κ1) is 10.4. The van der Waals surface area contributed by atoms with E-state index < -0.39 is 5.95 Å². The SMILES string of the molecule is C[C@@H]1CN(c2ccnc(F)c2)C[C@@H](C)O1. The van der Waals surface area contributed by atoms with Gasteiger partial charge in [0.2, 0.25) is 5.95 Å². The van der Waals surface area contributed by atoms with Crippen LogP contribution in [0.3, 0.4) is 0 Å². The number of pyridine rings is 1. The molecule has 1 aromatic rings. The van der Waals surface area contributed by atoms with Crippen LogP contribution in [0.25, 0.3) is 0 Å². The van der Waals surface area contributed by atoms with E-state index in [9.17, 15) is 4.39 Å². The molecule has 15 heavy (non-hydrogen) atoms. The van der Waals surface area contributed by atoms with E-state index in [2.05, 4.69) is 9.88 Å². The summed E-state index contributed by atoms with van der Waals surface area (Å²) in [4.78, 5) is 5.68. The third kappa shape index (κ3) is 2.45. The van der Waals surface area contributed by atoms with Crippen molar-refractivity contribution < 1.29 is 9.13 Å². The predicted molar refractivity (Wildman–Crippen MR) is 56.4 cm³/mol. The smallest absolute Gasteiger partial charge is 0.214 e. The Kier molecular flexibility index (Phi) is 2.86. The Labute approximate surface area is 88.9 Å². The predicted octanol–water partition coefficient (Wildman–Crippen LogP) is 1.83. The molecule has 4 heteroatoms. The number of aromatic nitrogens is 1. The van der Waals surface area contributed by atoms with Gasteiger partial charge in [0.25, 0.3) is 0 Å². The molecule has 1 aromatic heterocycles. The first-order valence-corrected chi connectivity index (χ1v) is 5.17. The maximum absolute atomic E-state index is 12.9. The van der Waals surface area contributed by atoms with Gasteiger partial charge in [-0.2, -0.15) is 4.39 Å². The van der Waals surface area contributed by atoms with Crippen LogP contribution in [-0.4, -0.2) is 30.3 Å². The number of rotatable bonds is 1. The van der Waals surface area contributed by atoms with Gasteiger partial charge in [-0.1, -0.05) is 0 Å². The number of nitrogens with zero attached hydrogens (tertiary/aromatic N) is 2. The van der Waals surface area contributed by atoms with Crippen molar-refractivity contribution in [3.63, 3.8) is 0 Å². The van der Waals surface area contributed by atoms with Crippen LogP contribution >= 0.6 is 0 Å². The fourth-order valence-corrected chi connectivity index (χ4v) is 1.98. The van der Waals surface area contributed by atoms with Gasteiger partial charge in [-0.05, 0) is 19.9 Å². The second kappa shape index (κ2) is 4.14. The van der Waals surface area contributed by atoms with E-state index in [-0.39, 0.29) is 12.2 Å². The summed E-state index contributed by atoms with van der Waals surface area (Å²) in [5.41, 5.74) is 0.879. The average Bonchev–Trinajstić information content (AvgIpc) is 2.16. The molecule has 0 radical (unpaired) electrons. The molecule has 0 amide bonds. The van der Waals surface area contributed by atoms with E-state index in [0.717, 1.165) is 18.8 Å². The second-order valence-electron chi connectivity index (χ2n) is 4.00. The van der Waals surface area contributed by atoms with E-state index in [1.54, 1.807) is 0 Å². The number of halogens is 1. The molecule has 1 aliphatic rings. The van der Waals surface area contributed by atoms with Crippen molar-refractivity contribution in [2.45, 2.75) is 26.1 Å². The van der Waals surface area contributed by atoms with Crippen LogP contribution in [0.15, 0.2) is 18.3 Å². The Bertz CT molecular complexity index is 335. The Morgan fingerprint density at radius 3 is 2.67 bits per heavy atom. The highest BCUT2D eigenvalue weighted by atomic mass is 19.1. The molecule has 2 atom stereocenters. The van der Waals surface area contributed by atoms with E-state index >= 15 is 0 Å². The van der Waals surface area contributed by atoms with Crippen LogP contribution in [0.5, 0.6) is 0 Å². The number of anilines is 1. The highest BCUT2D eigenvalue weighted by molar-refractivity contribution is 5.45. The first-order chi connectivity index (χ1) is 7.15. The number of hydrogen-bond donors (Lipinski definition) is 0. The van der Waals surface area contributed by atoms with Gasteiger partial charge in [-0.3, -0.25) is 0 Å². The molecule has 1 aliphatic heterocycles. The van der Waals surface area contributed by atoms with Gasteiger partial charge in [-0.25, -0.2) is 4.98 Å². The van der Waals surface area contributed by atoms with Crippen molar-refractivity contribution >= 4 is 5.69 Å². The van der Waals surface area contributed by atoms with Crippen LogP contribution < -0.4 is 4.90 Å². The van der Waals surface area contributed by atoms with Crippen molar-refractivity contribution in [1.82, 2.24) is 4.98 Å². The summed E-state index contributed by atoms with van der Waals surface area (Å²) in [5, 5.41) is 0. The van der Waals surface area contributed by atoms with Gasteiger partial charge in [-0.15, -0.1) is 0 Å². The summed E-state index contributed by atoms with van der Waals surface area (Å²) in [6, 6.07) is 3.29. The van der Waals surface area contributed by atoms with Crippen molar-refractivity contribution in [2.75, 3.05) is 18.0 Å². The molecule has 0 N–H and O–H groups in total. The van der Waals surface area contributed by atoms with Crippen LogP contribution in [0.2, 0.25) is 0 Å². The maximum Gasteiger partial charge on any atom is 0.214 e. The van der Waals surface area contributed by atoms with E-state index in [1.807, 2.05) is 19.9 Å². The number of hydrogen-bond acceptors (Lipinski definition) is 3. The van der Waals surface area contributed by atoms with Crippen molar-refractivity contribution in [3.05, 3.63) is 24.3 Å². The standard InChI is InChI=1S/C11H15FN2O/c1-8-6-14(7-9(2)15-8)10-3-4-13-11(12)5-10/h3-5,8-9H,6-7H2,1-2H3/t8-,9-/m1/s1. The Balaban J connectivity index is 2.16. The largest absolute Gasteiger partial charge is 0.372 e. The Morgan fingerprint density at radius 2 is 2.07 bits per heavy atom. The van der Waals surface area contributed by atoms with E-state index in [1.165, 1.54) is 12.3 Å². The minimum Gasteiger partial charge on any atom is -0.372 e. The third-order valence-electron chi connectivity index (χ3n) is 2.49. The zero-order chi connectivity index (χ0) is 10.8. The highest BCUT2D eigenvalue weighted by Crippen LogP contribution is 2.19. The summed E-state index contributed by atoms with van der Waals surface area (Å²) in [7, 11) is 0. The van der Waals surface area contributed by atoms with Crippen LogP contribution in [-0.2, 0) is 4.74 Å². The van der Waals surface area contributed by atoms with Gasteiger partial charge < -0.3 is 9.64 Å². The molecule has 3 nitrogen and oxygen atoms in total. The molecule has 2 heterocycles. The minimum absolute atomic E-state index is 0.185. The van der Waals surface area contributed by atoms with Crippen LogP contribution in [0.1, 0.15) is 13.8 Å². The fourth-order valence-electron chi connectivity index (χ4n) is 1.98. The maximum atomic E-state index is 12.9. The molecule has 2 rings (SSSR count). The summed E-state index contributed by atoms with van der Waals surface area (Å²) < 4.78 is 18.6. The highest BCUT2D eigenvalue weighted by Gasteiger charge is 2.22. The van der Waals surface area contributed by atoms with Crippen LogP contribution in [0.4, 0.5) is 10.1 Å². The Hall–Kier alpha value is -1.16. The second-order valence-corrected chi connectivity index (χ2v) is 4.00. The topological polar surface area (TPSA) is 25.4 Å². The third-order valence-corrected chi connectivity index (χ3v) is 2.49. The van der Waals surface area contributed by atoms with Gasteiger partial charge >= 0.3 is 0 Å². The molecular weight excluding hydrogens is 195 g/mol. The Morgan fingerprint density at radius 1 is 1.40 bits per heavy atom. The zero-order valence-corrected chi connectivity index (χ0v) is 8.98. The van der Waals surface area contributed by atoms with Gasteiger partial charge in [0.05, 0.1) is 12.2 Å². The zero-order valence-electron chi connectivity index (χ0n) is 8.98. The summed E-state index contributed by atoms with van der Waals surface area (Å²) in [6.07, 6.45) is 1.87. The lowest BCUT2D eigenvalue weighted by Crippen LogP contribution is -2.45. The lowest BCUT2D eigenvalue weighted by molar-refractivity contribution is -0.00524. The van der Waals surface area contributed by atoms with Crippen molar-refractivity contribution in [3.8, 4) is 0 Å². The summed E-state index contributed by atoms with van der Waals surface area (Å²) >= 11 is 0. The van der Waals surface area contributed by atoms with E-state index in [0.29, 0.717) is 0 Å². The van der Waals surface area contributed by atoms with Gasteiger partial charge in [0.15, 0.2) is 0 Å². The summed E-state index contributed by atoms with van der Waals surface area (Å²) in [5.74, 6) is -0.431. The monoisotopic (exact) mass is 210 g/mol. The lowest BCUT2D eigenvalue weighted by Gasteiger charge is -2.36. The van der Waals surface area contributed by atoms with Crippen molar-refractivity contribution in [2.24, 2.45) is 0 Å². The molecule has 0 unspecified atom stereocenters. The molecule has 82 valence electrons. The molecular formula is C11H15FN2O. The van der Waals surface area contributed by atoms with Gasteiger partial charge in [0, 0.05) is 31.0 Å². The van der Waals surface area contributed by atoms with Crippen molar-refractivity contribution in [1.29, 1.82) is 0 Å². The number of ether oxygens (including phenoxy) is 1. The number of morpholine rings is 1. The normalized spacial score (nSPS) is 26.7.